The number of carbonyl (C=O) groups is 1. The fourth-order valence-corrected chi connectivity index (χ4v) is 4.60. The average Bonchev–Trinajstić information content (AvgIpc) is 2.91. The standard InChI is InChI=1S/C12H12ClN3O3S2/c13-8-2-1-3-9-11(8)15-12(20-9)16-5-7(4-10(16)17)6-21(14,18)19/h1-3,7H,4-6H2,(H2,14,18,19). The quantitative estimate of drug-likeness (QED) is 0.914. The highest BCUT2D eigenvalue weighted by molar-refractivity contribution is 7.89. The van der Waals surface area contributed by atoms with Gasteiger partial charge in [0.15, 0.2) is 5.13 Å². The van der Waals surface area contributed by atoms with Gasteiger partial charge in [-0.3, -0.25) is 9.69 Å². The van der Waals surface area contributed by atoms with Crippen LogP contribution in [0.25, 0.3) is 10.2 Å². The van der Waals surface area contributed by atoms with E-state index in [0.717, 1.165) is 4.70 Å². The molecule has 1 aliphatic rings. The van der Waals surface area contributed by atoms with Crippen molar-refractivity contribution in [2.24, 2.45) is 11.1 Å². The molecule has 1 aliphatic heterocycles. The van der Waals surface area contributed by atoms with E-state index >= 15 is 0 Å². The van der Waals surface area contributed by atoms with Crippen molar-refractivity contribution in [3.63, 3.8) is 0 Å². The average molecular weight is 346 g/mol. The second kappa shape index (κ2) is 5.20. The Hall–Kier alpha value is -1.22. The number of anilines is 1. The second-order valence-corrected chi connectivity index (χ2v) is 8.06. The molecule has 1 aromatic carbocycles. The molecule has 1 amide bonds. The number of rotatable bonds is 3. The molecule has 0 radical (unpaired) electrons. The first-order valence-corrected chi connectivity index (χ1v) is 9.10. The van der Waals surface area contributed by atoms with Crippen molar-refractivity contribution in [3.05, 3.63) is 23.2 Å². The highest BCUT2D eigenvalue weighted by Crippen LogP contribution is 2.35. The van der Waals surface area contributed by atoms with Crippen molar-refractivity contribution in [3.8, 4) is 0 Å². The van der Waals surface area contributed by atoms with Crippen LogP contribution < -0.4 is 10.0 Å². The van der Waals surface area contributed by atoms with Gasteiger partial charge in [0.1, 0.15) is 5.52 Å². The van der Waals surface area contributed by atoms with Crippen molar-refractivity contribution < 1.29 is 13.2 Å². The Morgan fingerprint density at radius 2 is 2.24 bits per heavy atom. The first kappa shape index (κ1) is 14.7. The van der Waals surface area contributed by atoms with Gasteiger partial charge in [0.25, 0.3) is 0 Å². The van der Waals surface area contributed by atoms with Crippen molar-refractivity contribution in [2.75, 3.05) is 17.2 Å². The van der Waals surface area contributed by atoms with Crippen LogP contribution in [0, 0.1) is 5.92 Å². The van der Waals surface area contributed by atoms with Crippen LogP contribution in [0.4, 0.5) is 5.13 Å². The Labute approximate surface area is 130 Å². The Bertz CT molecular complexity index is 818. The van der Waals surface area contributed by atoms with E-state index in [0.29, 0.717) is 22.2 Å². The fraction of sp³-hybridized carbons (Fsp3) is 0.333. The minimum atomic E-state index is -3.58. The Kier molecular flexibility index (Phi) is 3.64. The van der Waals surface area contributed by atoms with Crippen LogP contribution in [0.3, 0.4) is 0 Å². The Morgan fingerprint density at radius 1 is 1.48 bits per heavy atom. The summed E-state index contributed by atoms with van der Waals surface area (Å²) >= 11 is 7.44. The number of nitrogens with two attached hydrogens (primary N) is 1. The van der Waals surface area contributed by atoms with Gasteiger partial charge in [0.2, 0.25) is 15.9 Å². The number of benzene rings is 1. The van der Waals surface area contributed by atoms with Gasteiger partial charge in [0, 0.05) is 18.9 Å². The van der Waals surface area contributed by atoms with Gasteiger partial charge in [0.05, 0.1) is 15.5 Å². The van der Waals surface area contributed by atoms with Gasteiger partial charge in [-0.25, -0.2) is 18.5 Å². The molecule has 21 heavy (non-hydrogen) atoms. The van der Waals surface area contributed by atoms with Crippen molar-refractivity contribution in [2.45, 2.75) is 6.42 Å². The van der Waals surface area contributed by atoms with E-state index in [9.17, 15) is 13.2 Å². The van der Waals surface area contributed by atoms with Crippen LogP contribution in [-0.4, -0.2) is 31.6 Å². The zero-order valence-corrected chi connectivity index (χ0v) is 13.2. The highest BCUT2D eigenvalue weighted by Gasteiger charge is 2.34. The predicted octanol–water partition coefficient (Wildman–Crippen LogP) is 1.59. The highest BCUT2D eigenvalue weighted by atomic mass is 35.5. The van der Waals surface area contributed by atoms with E-state index in [4.69, 9.17) is 16.7 Å². The topological polar surface area (TPSA) is 93.4 Å². The molecule has 2 aromatic rings. The number of hydrogen-bond donors (Lipinski definition) is 1. The number of amides is 1. The molecule has 9 heteroatoms. The lowest BCUT2D eigenvalue weighted by atomic mass is 10.1. The molecule has 2 heterocycles. The summed E-state index contributed by atoms with van der Waals surface area (Å²) in [4.78, 5) is 18.0. The summed E-state index contributed by atoms with van der Waals surface area (Å²) in [6.07, 6.45) is 0.167. The molecule has 6 nitrogen and oxygen atoms in total. The molecular formula is C12H12ClN3O3S2. The largest absolute Gasteiger partial charge is 0.288 e. The lowest BCUT2D eigenvalue weighted by Gasteiger charge is -2.12. The molecule has 1 unspecified atom stereocenters. The number of fused-ring (bicyclic) bond motifs is 1. The number of primary sulfonamides is 1. The molecule has 2 N–H and O–H groups in total. The molecule has 0 aliphatic carbocycles. The molecule has 1 atom stereocenters. The van der Waals surface area contributed by atoms with Crippen LogP contribution in [0.1, 0.15) is 6.42 Å². The molecule has 1 aromatic heterocycles. The first-order valence-electron chi connectivity index (χ1n) is 6.19. The minimum Gasteiger partial charge on any atom is -0.288 e. The van der Waals surface area contributed by atoms with Gasteiger partial charge in [-0.15, -0.1) is 0 Å². The van der Waals surface area contributed by atoms with E-state index in [1.54, 1.807) is 6.07 Å². The molecule has 0 saturated carbocycles. The van der Waals surface area contributed by atoms with Gasteiger partial charge in [-0.1, -0.05) is 29.0 Å². The van der Waals surface area contributed by atoms with Crippen LogP contribution in [0.15, 0.2) is 18.2 Å². The van der Waals surface area contributed by atoms with Gasteiger partial charge < -0.3 is 0 Å². The lowest BCUT2D eigenvalue weighted by molar-refractivity contribution is -0.117. The normalized spacial score (nSPS) is 19.6. The number of para-hydroxylation sites is 1. The summed E-state index contributed by atoms with van der Waals surface area (Å²) in [5.41, 5.74) is 0.655. The smallest absolute Gasteiger partial charge is 0.229 e. The number of nitrogens with zero attached hydrogens (tertiary/aromatic N) is 2. The van der Waals surface area contributed by atoms with E-state index in [1.165, 1.54) is 16.2 Å². The maximum atomic E-state index is 12.1. The van der Waals surface area contributed by atoms with Crippen LogP contribution in [0.2, 0.25) is 5.02 Å². The summed E-state index contributed by atoms with van der Waals surface area (Å²) in [6.45, 7) is 0.312. The number of thiazole rings is 1. The van der Waals surface area contributed by atoms with Gasteiger partial charge in [-0.2, -0.15) is 0 Å². The molecule has 1 saturated heterocycles. The predicted molar refractivity (Wildman–Crippen MR) is 83.1 cm³/mol. The fourth-order valence-electron chi connectivity index (χ4n) is 2.43. The first-order chi connectivity index (χ1) is 9.83. The molecule has 0 bridgehead atoms. The molecule has 3 rings (SSSR count). The van der Waals surface area contributed by atoms with Crippen molar-refractivity contribution in [1.29, 1.82) is 0 Å². The summed E-state index contributed by atoms with van der Waals surface area (Å²) in [5.74, 6) is -0.630. The van der Waals surface area contributed by atoms with Crippen molar-refractivity contribution in [1.82, 2.24) is 4.98 Å². The zero-order valence-electron chi connectivity index (χ0n) is 10.8. The molecule has 1 fully saturated rings. The van der Waals surface area contributed by atoms with Gasteiger partial charge in [-0.05, 0) is 12.1 Å². The minimum absolute atomic E-state index is 0.140. The second-order valence-electron chi connectivity index (χ2n) is 4.99. The van der Waals surface area contributed by atoms with E-state index < -0.39 is 10.0 Å². The van der Waals surface area contributed by atoms with Crippen LogP contribution >= 0.6 is 22.9 Å². The third-order valence-electron chi connectivity index (χ3n) is 3.26. The van der Waals surface area contributed by atoms with Crippen LogP contribution in [-0.2, 0) is 14.8 Å². The van der Waals surface area contributed by atoms with E-state index in [-0.39, 0.29) is 24.0 Å². The zero-order chi connectivity index (χ0) is 15.2. The maximum Gasteiger partial charge on any atom is 0.229 e. The number of sulfonamides is 1. The summed E-state index contributed by atoms with van der Waals surface area (Å²) < 4.78 is 23.2. The summed E-state index contributed by atoms with van der Waals surface area (Å²) in [6, 6.07) is 5.44. The maximum absolute atomic E-state index is 12.1. The number of hydrogen-bond acceptors (Lipinski definition) is 5. The Balaban J connectivity index is 1.89. The molecular weight excluding hydrogens is 334 g/mol. The number of halogens is 1. The Morgan fingerprint density at radius 3 is 2.90 bits per heavy atom. The third kappa shape index (κ3) is 3.03. The monoisotopic (exact) mass is 345 g/mol. The van der Waals surface area contributed by atoms with Gasteiger partial charge >= 0.3 is 0 Å². The van der Waals surface area contributed by atoms with E-state index in [1.807, 2.05) is 12.1 Å². The van der Waals surface area contributed by atoms with E-state index in [2.05, 4.69) is 4.98 Å². The van der Waals surface area contributed by atoms with Crippen molar-refractivity contribution >= 4 is 54.2 Å². The molecule has 112 valence electrons. The number of aromatic nitrogens is 1. The summed E-state index contributed by atoms with van der Waals surface area (Å²) in [5, 5.41) is 6.11. The lowest BCUT2D eigenvalue weighted by Crippen LogP contribution is -2.27. The van der Waals surface area contributed by atoms with Crippen LogP contribution in [0.5, 0.6) is 0 Å². The molecule has 0 spiro atoms. The third-order valence-corrected chi connectivity index (χ3v) is 5.55. The SMILES string of the molecule is NS(=O)(=O)CC1CC(=O)N(c2nc3c(Cl)cccc3s2)C1. The summed E-state index contributed by atoms with van der Waals surface area (Å²) in [7, 11) is -3.58. The number of carbonyl (C=O) groups excluding carboxylic acids is 1.